The normalized spacial score (nSPS) is 13.0. The van der Waals surface area contributed by atoms with Crippen LogP contribution < -0.4 is 10.5 Å². The predicted octanol–water partition coefficient (Wildman–Crippen LogP) is 0.465. The standard InChI is InChI=1S/C6H14N2OS/c1-2-3-4-5(8-10)6(7)9/h5,8,10H,2-4H2,1H3,(H2,7,9)/t5-/m0/s1. The average molecular weight is 162 g/mol. The average Bonchev–Trinajstić information content (AvgIpc) is 1.89. The molecule has 4 heteroatoms. The van der Waals surface area contributed by atoms with Crippen LogP contribution in [-0.2, 0) is 4.79 Å². The Morgan fingerprint density at radius 3 is 2.70 bits per heavy atom. The fraction of sp³-hybridized carbons (Fsp3) is 0.833. The van der Waals surface area contributed by atoms with Crippen molar-refractivity contribution in [1.82, 2.24) is 4.72 Å². The Bertz CT molecular complexity index is 108. The van der Waals surface area contributed by atoms with Crippen molar-refractivity contribution >= 4 is 18.7 Å². The molecule has 0 bridgehead atoms. The predicted molar refractivity (Wildman–Crippen MR) is 44.6 cm³/mol. The van der Waals surface area contributed by atoms with E-state index in [0.29, 0.717) is 0 Å². The van der Waals surface area contributed by atoms with Gasteiger partial charge in [-0.3, -0.25) is 9.52 Å². The smallest absolute Gasteiger partial charge is 0.235 e. The van der Waals surface area contributed by atoms with Gasteiger partial charge in [0.15, 0.2) is 0 Å². The summed E-state index contributed by atoms with van der Waals surface area (Å²) in [5.74, 6) is -0.330. The van der Waals surface area contributed by atoms with Gasteiger partial charge in [0, 0.05) is 0 Å². The Kier molecular flexibility index (Phi) is 5.43. The zero-order valence-corrected chi connectivity index (χ0v) is 7.03. The van der Waals surface area contributed by atoms with Gasteiger partial charge in [-0.05, 0) is 6.42 Å². The molecule has 0 aromatic heterocycles. The molecule has 0 aliphatic heterocycles. The Hall–Kier alpha value is -0.220. The van der Waals surface area contributed by atoms with Gasteiger partial charge in [0.1, 0.15) is 0 Å². The van der Waals surface area contributed by atoms with E-state index < -0.39 is 0 Å². The molecule has 0 aliphatic rings. The summed E-state index contributed by atoms with van der Waals surface area (Å²) >= 11 is 3.78. The molecule has 0 aliphatic carbocycles. The molecule has 3 N–H and O–H groups in total. The topological polar surface area (TPSA) is 55.1 Å². The van der Waals surface area contributed by atoms with E-state index >= 15 is 0 Å². The van der Waals surface area contributed by atoms with Gasteiger partial charge in [-0.2, -0.15) is 0 Å². The molecule has 0 rings (SSSR count). The van der Waals surface area contributed by atoms with E-state index in [4.69, 9.17) is 5.73 Å². The number of nitrogens with two attached hydrogens (primary N) is 1. The SMILES string of the molecule is CCCC[C@H](NS)C(N)=O. The molecular formula is C6H14N2OS. The van der Waals surface area contributed by atoms with Gasteiger partial charge < -0.3 is 5.73 Å². The van der Waals surface area contributed by atoms with Crippen molar-refractivity contribution in [3.63, 3.8) is 0 Å². The lowest BCUT2D eigenvalue weighted by Gasteiger charge is -2.09. The van der Waals surface area contributed by atoms with Crippen molar-refractivity contribution in [1.29, 1.82) is 0 Å². The van der Waals surface area contributed by atoms with Crippen LogP contribution in [0.2, 0.25) is 0 Å². The van der Waals surface area contributed by atoms with E-state index in [1.807, 2.05) is 0 Å². The fourth-order valence-corrected chi connectivity index (χ4v) is 0.935. The third-order valence-electron chi connectivity index (χ3n) is 1.35. The quantitative estimate of drug-likeness (QED) is 0.515. The van der Waals surface area contributed by atoms with E-state index in [1.54, 1.807) is 0 Å². The van der Waals surface area contributed by atoms with E-state index in [9.17, 15) is 4.79 Å². The van der Waals surface area contributed by atoms with Crippen molar-refractivity contribution in [2.45, 2.75) is 32.2 Å². The lowest BCUT2D eigenvalue weighted by molar-refractivity contribution is -0.119. The summed E-state index contributed by atoms with van der Waals surface area (Å²) in [7, 11) is 0. The highest BCUT2D eigenvalue weighted by atomic mass is 32.1. The molecule has 1 amide bonds. The Morgan fingerprint density at radius 1 is 1.80 bits per heavy atom. The van der Waals surface area contributed by atoms with Gasteiger partial charge in [-0.1, -0.05) is 32.6 Å². The molecule has 0 saturated heterocycles. The molecule has 3 nitrogen and oxygen atoms in total. The molecule has 60 valence electrons. The van der Waals surface area contributed by atoms with Gasteiger partial charge in [-0.25, -0.2) is 0 Å². The number of carbonyl (C=O) groups excluding carboxylic acids is 1. The molecule has 10 heavy (non-hydrogen) atoms. The Labute approximate surface area is 66.9 Å². The maximum absolute atomic E-state index is 10.5. The first-order valence-corrected chi connectivity index (χ1v) is 3.86. The van der Waals surface area contributed by atoms with Crippen molar-refractivity contribution in [3.8, 4) is 0 Å². The number of carbonyl (C=O) groups is 1. The number of hydrogen-bond donors (Lipinski definition) is 3. The summed E-state index contributed by atoms with van der Waals surface area (Å²) < 4.78 is 2.56. The van der Waals surface area contributed by atoms with Crippen LogP contribution in [0.15, 0.2) is 0 Å². The highest BCUT2D eigenvalue weighted by molar-refractivity contribution is 7.78. The summed E-state index contributed by atoms with van der Waals surface area (Å²) in [6.45, 7) is 2.07. The second kappa shape index (κ2) is 5.56. The lowest BCUT2D eigenvalue weighted by Crippen LogP contribution is -2.36. The van der Waals surface area contributed by atoms with E-state index in [0.717, 1.165) is 19.3 Å². The molecular weight excluding hydrogens is 148 g/mol. The second-order valence-corrected chi connectivity index (χ2v) is 2.48. The molecule has 0 spiro atoms. The van der Waals surface area contributed by atoms with Crippen LogP contribution in [0, 0.1) is 0 Å². The van der Waals surface area contributed by atoms with Gasteiger partial charge in [0.05, 0.1) is 6.04 Å². The monoisotopic (exact) mass is 162 g/mol. The van der Waals surface area contributed by atoms with Crippen molar-refractivity contribution in [2.75, 3.05) is 0 Å². The Morgan fingerprint density at radius 2 is 2.40 bits per heavy atom. The van der Waals surface area contributed by atoms with Crippen molar-refractivity contribution in [3.05, 3.63) is 0 Å². The number of rotatable bonds is 5. The third-order valence-corrected chi connectivity index (χ3v) is 1.66. The van der Waals surface area contributed by atoms with Crippen molar-refractivity contribution in [2.24, 2.45) is 5.73 Å². The van der Waals surface area contributed by atoms with Gasteiger partial charge in [-0.15, -0.1) is 0 Å². The number of thiol groups is 1. The summed E-state index contributed by atoms with van der Waals surface area (Å²) in [4.78, 5) is 10.5. The van der Waals surface area contributed by atoms with Gasteiger partial charge >= 0.3 is 0 Å². The zero-order valence-electron chi connectivity index (χ0n) is 6.13. The molecule has 0 fully saturated rings. The van der Waals surface area contributed by atoms with E-state index in [1.165, 1.54) is 0 Å². The first kappa shape index (κ1) is 9.78. The zero-order chi connectivity index (χ0) is 7.98. The molecule has 0 unspecified atom stereocenters. The molecule has 0 aromatic rings. The summed E-state index contributed by atoms with van der Waals surface area (Å²) in [6, 6.07) is -0.275. The number of amides is 1. The number of primary amides is 1. The summed E-state index contributed by atoms with van der Waals surface area (Å²) in [6.07, 6.45) is 2.84. The molecule has 0 saturated carbocycles. The largest absolute Gasteiger partial charge is 0.368 e. The molecule has 0 radical (unpaired) electrons. The number of unbranched alkanes of at least 4 members (excludes halogenated alkanes) is 1. The number of nitrogens with one attached hydrogen (secondary N) is 1. The maximum Gasteiger partial charge on any atom is 0.235 e. The third kappa shape index (κ3) is 3.74. The minimum atomic E-state index is -0.330. The van der Waals surface area contributed by atoms with Gasteiger partial charge in [0.2, 0.25) is 5.91 Å². The summed E-state index contributed by atoms with van der Waals surface area (Å²) in [5.41, 5.74) is 5.04. The van der Waals surface area contributed by atoms with Crippen LogP contribution >= 0.6 is 12.8 Å². The molecule has 0 aromatic carbocycles. The first-order chi connectivity index (χ1) is 4.72. The van der Waals surface area contributed by atoms with Gasteiger partial charge in [0.25, 0.3) is 0 Å². The van der Waals surface area contributed by atoms with Crippen LogP contribution in [0.5, 0.6) is 0 Å². The van der Waals surface area contributed by atoms with Crippen LogP contribution in [0.3, 0.4) is 0 Å². The van der Waals surface area contributed by atoms with Crippen LogP contribution in [0.4, 0.5) is 0 Å². The highest BCUT2D eigenvalue weighted by Crippen LogP contribution is 1.99. The Balaban J connectivity index is 3.50. The highest BCUT2D eigenvalue weighted by Gasteiger charge is 2.10. The minimum Gasteiger partial charge on any atom is -0.368 e. The number of hydrogen-bond acceptors (Lipinski definition) is 3. The summed E-state index contributed by atoms with van der Waals surface area (Å²) in [5, 5.41) is 0. The molecule has 1 atom stereocenters. The van der Waals surface area contributed by atoms with E-state index in [2.05, 4.69) is 24.5 Å². The lowest BCUT2D eigenvalue weighted by atomic mass is 10.1. The van der Waals surface area contributed by atoms with Crippen LogP contribution in [0.25, 0.3) is 0 Å². The minimum absolute atomic E-state index is 0.275. The molecule has 0 heterocycles. The first-order valence-electron chi connectivity index (χ1n) is 3.41. The van der Waals surface area contributed by atoms with Crippen LogP contribution in [-0.4, -0.2) is 11.9 Å². The maximum atomic E-state index is 10.5. The second-order valence-electron chi connectivity index (χ2n) is 2.23. The van der Waals surface area contributed by atoms with Crippen LogP contribution in [0.1, 0.15) is 26.2 Å². The van der Waals surface area contributed by atoms with E-state index in [-0.39, 0.29) is 11.9 Å². The van der Waals surface area contributed by atoms with Crippen molar-refractivity contribution < 1.29 is 4.79 Å². The fourth-order valence-electron chi connectivity index (χ4n) is 0.679.